The first kappa shape index (κ1) is 8.36. The maximum Gasteiger partial charge on any atom is 0.408 e. The number of thioether (sulfide) groups is 1. The number of rotatable bonds is 3. The third-order valence-corrected chi connectivity index (χ3v) is 1.11. The van der Waals surface area contributed by atoms with Gasteiger partial charge >= 0.3 is 6.09 Å². The van der Waals surface area contributed by atoms with Gasteiger partial charge in [-0.15, -0.1) is 0 Å². The number of nitrogens with one attached hydrogen (secondary N) is 1. The summed E-state index contributed by atoms with van der Waals surface area (Å²) in [6, 6.07) is 0. The Morgan fingerprint density at radius 1 is 1.89 bits per heavy atom. The number of hydrogen-bond donors (Lipinski definition) is 2. The maximum atomic E-state index is 9.79. The topological polar surface area (TPSA) is 49.3 Å². The van der Waals surface area contributed by atoms with E-state index in [9.17, 15) is 4.79 Å². The van der Waals surface area contributed by atoms with Crippen LogP contribution in [-0.2, 0) is 0 Å². The lowest BCUT2D eigenvalue weighted by Crippen LogP contribution is -2.12. The molecule has 52 valence electrons. The minimum absolute atomic E-state index is 0.834. The van der Waals surface area contributed by atoms with Gasteiger partial charge in [0.2, 0.25) is 0 Å². The van der Waals surface area contributed by atoms with Crippen LogP contribution in [0.15, 0.2) is 12.3 Å². The van der Waals surface area contributed by atoms with Crippen molar-refractivity contribution >= 4 is 17.9 Å². The zero-order valence-electron chi connectivity index (χ0n) is 5.13. The van der Waals surface area contributed by atoms with E-state index in [0.717, 1.165) is 5.75 Å². The average Bonchev–Trinajstić information content (AvgIpc) is 1.80. The number of amides is 1. The van der Waals surface area contributed by atoms with E-state index in [1.165, 1.54) is 6.20 Å². The molecule has 0 aliphatic rings. The fraction of sp³-hybridized carbons (Fsp3) is 0.400. The standard InChI is InChI=1S/C5H9NO2S/c1-9-4-2-3-6-5(7)8/h2-3,6H,4H2,1H3,(H,7,8). The second kappa shape index (κ2) is 5.50. The van der Waals surface area contributed by atoms with Crippen LogP contribution >= 0.6 is 11.8 Å². The molecule has 2 N–H and O–H groups in total. The SMILES string of the molecule is CSCC=CNC(=O)O. The molecule has 0 aliphatic carbocycles. The van der Waals surface area contributed by atoms with Crippen molar-refractivity contribution in [2.24, 2.45) is 0 Å². The zero-order chi connectivity index (χ0) is 7.11. The first-order valence-corrected chi connectivity index (χ1v) is 3.80. The second-order valence-electron chi connectivity index (χ2n) is 1.31. The van der Waals surface area contributed by atoms with Crippen LogP contribution in [-0.4, -0.2) is 23.2 Å². The molecule has 0 fully saturated rings. The molecular formula is C5H9NO2S. The van der Waals surface area contributed by atoms with Gasteiger partial charge in [-0.1, -0.05) is 6.08 Å². The number of carboxylic acid groups (broad SMARTS) is 1. The van der Waals surface area contributed by atoms with Gasteiger partial charge in [-0.05, 0) is 6.26 Å². The summed E-state index contributed by atoms with van der Waals surface area (Å²) in [4.78, 5) is 9.79. The Hall–Kier alpha value is -0.640. The molecule has 0 spiro atoms. The molecule has 0 bridgehead atoms. The van der Waals surface area contributed by atoms with Gasteiger partial charge in [-0.3, -0.25) is 5.32 Å². The first-order chi connectivity index (χ1) is 4.27. The van der Waals surface area contributed by atoms with E-state index in [1.54, 1.807) is 17.8 Å². The summed E-state index contributed by atoms with van der Waals surface area (Å²) in [7, 11) is 0. The van der Waals surface area contributed by atoms with Crippen LogP contribution in [0, 0.1) is 0 Å². The van der Waals surface area contributed by atoms with Gasteiger partial charge in [0.15, 0.2) is 0 Å². The third kappa shape index (κ3) is 7.36. The lowest BCUT2D eigenvalue weighted by molar-refractivity contribution is 0.198. The normalized spacial score (nSPS) is 9.89. The highest BCUT2D eigenvalue weighted by molar-refractivity contribution is 7.98. The Morgan fingerprint density at radius 3 is 3.00 bits per heavy atom. The van der Waals surface area contributed by atoms with Crippen LogP contribution in [0.2, 0.25) is 0 Å². The lowest BCUT2D eigenvalue weighted by atomic mass is 10.7. The van der Waals surface area contributed by atoms with Crippen molar-refractivity contribution in [1.29, 1.82) is 0 Å². The second-order valence-corrected chi connectivity index (χ2v) is 2.22. The molecule has 0 radical (unpaired) electrons. The van der Waals surface area contributed by atoms with Gasteiger partial charge in [-0.2, -0.15) is 11.8 Å². The molecule has 0 aromatic rings. The maximum absolute atomic E-state index is 9.79. The summed E-state index contributed by atoms with van der Waals surface area (Å²) >= 11 is 1.63. The Labute approximate surface area is 58.1 Å². The van der Waals surface area contributed by atoms with Crippen molar-refractivity contribution in [1.82, 2.24) is 5.32 Å². The van der Waals surface area contributed by atoms with Crippen LogP contribution in [0.3, 0.4) is 0 Å². The van der Waals surface area contributed by atoms with Crippen LogP contribution in [0.25, 0.3) is 0 Å². The summed E-state index contributed by atoms with van der Waals surface area (Å²) in [5.41, 5.74) is 0. The smallest absolute Gasteiger partial charge is 0.408 e. The predicted molar refractivity (Wildman–Crippen MR) is 38.7 cm³/mol. The summed E-state index contributed by atoms with van der Waals surface area (Å²) in [6.45, 7) is 0. The van der Waals surface area contributed by atoms with Gasteiger partial charge in [-0.25, -0.2) is 4.79 Å². The first-order valence-electron chi connectivity index (χ1n) is 2.40. The van der Waals surface area contributed by atoms with Crippen molar-refractivity contribution in [2.75, 3.05) is 12.0 Å². The van der Waals surface area contributed by atoms with Crippen molar-refractivity contribution in [3.8, 4) is 0 Å². The highest BCUT2D eigenvalue weighted by Gasteiger charge is 1.83. The van der Waals surface area contributed by atoms with Crippen molar-refractivity contribution in [3.63, 3.8) is 0 Å². The Bertz CT molecular complexity index is 114. The molecule has 0 unspecified atom stereocenters. The van der Waals surface area contributed by atoms with Crippen molar-refractivity contribution < 1.29 is 9.90 Å². The fourth-order valence-electron chi connectivity index (χ4n) is 0.275. The fourth-order valence-corrected chi connectivity index (χ4v) is 0.563. The number of carbonyl (C=O) groups is 1. The molecule has 3 nitrogen and oxygen atoms in total. The van der Waals surface area contributed by atoms with E-state index < -0.39 is 6.09 Å². The van der Waals surface area contributed by atoms with Gasteiger partial charge in [0.1, 0.15) is 0 Å². The van der Waals surface area contributed by atoms with Crippen LogP contribution in [0.4, 0.5) is 4.79 Å². The van der Waals surface area contributed by atoms with Crippen molar-refractivity contribution in [3.05, 3.63) is 12.3 Å². The molecule has 4 heteroatoms. The van der Waals surface area contributed by atoms with Gasteiger partial charge in [0, 0.05) is 12.0 Å². The molecule has 0 aromatic heterocycles. The zero-order valence-corrected chi connectivity index (χ0v) is 5.94. The Balaban J connectivity index is 3.14. The largest absolute Gasteiger partial charge is 0.465 e. The predicted octanol–water partition coefficient (Wildman–Crippen LogP) is 1.13. The van der Waals surface area contributed by atoms with E-state index in [-0.39, 0.29) is 0 Å². The van der Waals surface area contributed by atoms with E-state index in [0.29, 0.717) is 0 Å². The molecule has 0 aliphatic heterocycles. The molecule has 0 heterocycles. The van der Waals surface area contributed by atoms with E-state index in [1.807, 2.05) is 6.26 Å². The molecule has 0 saturated carbocycles. The molecular weight excluding hydrogens is 138 g/mol. The van der Waals surface area contributed by atoms with Crippen LogP contribution in [0.1, 0.15) is 0 Å². The van der Waals surface area contributed by atoms with Gasteiger partial charge < -0.3 is 5.11 Å². The molecule has 1 amide bonds. The summed E-state index contributed by atoms with van der Waals surface area (Å²) < 4.78 is 0. The van der Waals surface area contributed by atoms with Crippen molar-refractivity contribution in [2.45, 2.75) is 0 Å². The minimum atomic E-state index is -1.02. The van der Waals surface area contributed by atoms with E-state index in [2.05, 4.69) is 5.32 Å². The highest BCUT2D eigenvalue weighted by atomic mass is 32.2. The highest BCUT2D eigenvalue weighted by Crippen LogP contribution is 1.89. The summed E-state index contributed by atoms with van der Waals surface area (Å²) in [6.07, 6.45) is 4.09. The summed E-state index contributed by atoms with van der Waals surface area (Å²) in [5.74, 6) is 0.834. The quantitative estimate of drug-likeness (QED) is 0.629. The minimum Gasteiger partial charge on any atom is -0.465 e. The lowest BCUT2D eigenvalue weighted by Gasteiger charge is -1.87. The van der Waals surface area contributed by atoms with Crippen LogP contribution in [0.5, 0.6) is 0 Å². The molecule has 0 saturated heterocycles. The monoisotopic (exact) mass is 147 g/mol. The Morgan fingerprint density at radius 2 is 2.56 bits per heavy atom. The van der Waals surface area contributed by atoms with Gasteiger partial charge in [0.05, 0.1) is 0 Å². The third-order valence-electron chi connectivity index (χ3n) is 0.588. The summed E-state index contributed by atoms with van der Waals surface area (Å²) in [5, 5.41) is 10.1. The number of hydrogen-bond acceptors (Lipinski definition) is 2. The molecule has 0 atom stereocenters. The molecule has 0 aromatic carbocycles. The van der Waals surface area contributed by atoms with E-state index in [4.69, 9.17) is 5.11 Å². The van der Waals surface area contributed by atoms with E-state index >= 15 is 0 Å². The van der Waals surface area contributed by atoms with Crippen LogP contribution < -0.4 is 5.32 Å². The average molecular weight is 147 g/mol. The molecule has 0 rings (SSSR count). The Kier molecular flexibility index (Phi) is 5.11. The molecule has 9 heavy (non-hydrogen) atoms. The van der Waals surface area contributed by atoms with Gasteiger partial charge in [0.25, 0.3) is 0 Å².